The van der Waals surface area contributed by atoms with E-state index < -0.39 is 21.9 Å². The van der Waals surface area contributed by atoms with Crippen molar-refractivity contribution in [2.24, 2.45) is 0 Å². The first-order valence-corrected chi connectivity index (χ1v) is 8.15. The van der Waals surface area contributed by atoms with Crippen molar-refractivity contribution in [1.29, 1.82) is 0 Å². The van der Waals surface area contributed by atoms with E-state index >= 15 is 0 Å². The van der Waals surface area contributed by atoms with Crippen LogP contribution in [0.25, 0.3) is 0 Å². The van der Waals surface area contributed by atoms with E-state index in [9.17, 15) is 23.1 Å². The Balaban J connectivity index is 2.20. The minimum absolute atomic E-state index is 0.115. The van der Waals surface area contributed by atoms with Crippen LogP contribution in [0.5, 0.6) is 5.75 Å². The quantitative estimate of drug-likeness (QED) is 0.595. The first kappa shape index (κ1) is 17.4. The molecule has 0 spiro atoms. The number of phenolic OH excluding ortho intramolecular Hbond substituents is 1. The summed E-state index contributed by atoms with van der Waals surface area (Å²) in [7, 11) is -4.18. The van der Waals surface area contributed by atoms with Gasteiger partial charge < -0.3 is 10.2 Å². The number of hydrogen-bond acceptors (Lipinski definition) is 5. The summed E-state index contributed by atoms with van der Waals surface area (Å²) in [5.74, 6) is -2.43. The van der Waals surface area contributed by atoms with Crippen LogP contribution in [0.1, 0.15) is 26.3 Å². The highest BCUT2D eigenvalue weighted by Crippen LogP contribution is 2.17. The normalized spacial score (nSPS) is 11.0. The molecule has 8 nitrogen and oxygen atoms in total. The molecule has 2 aromatic carbocycles. The fourth-order valence-electron chi connectivity index (χ4n) is 1.90. The summed E-state index contributed by atoms with van der Waals surface area (Å²) in [6.45, 7) is 1.53. The maximum absolute atomic E-state index is 12.2. The van der Waals surface area contributed by atoms with E-state index in [1.807, 2.05) is 10.3 Å². The molecule has 4 N–H and O–H groups in total. The number of sulfonamides is 1. The lowest BCUT2D eigenvalue weighted by Crippen LogP contribution is -2.41. The summed E-state index contributed by atoms with van der Waals surface area (Å²) >= 11 is 0. The van der Waals surface area contributed by atoms with Gasteiger partial charge >= 0.3 is 5.97 Å². The van der Waals surface area contributed by atoms with E-state index in [1.54, 1.807) is 0 Å². The van der Waals surface area contributed by atoms with Crippen molar-refractivity contribution in [3.63, 3.8) is 0 Å². The molecule has 0 unspecified atom stereocenters. The molecule has 0 aliphatic heterocycles. The highest BCUT2D eigenvalue weighted by Gasteiger charge is 2.19. The number of carboxylic acids is 1. The van der Waals surface area contributed by atoms with Gasteiger partial charge in [-0.3, -0.25) is 10.2 Å². The number of aryl methyl sites for hydroxylation is 1. The van der Waals surface area contributed by atoms with Crippen LogP contribution in [-0.2, 0) is 10.0 Å². The van der Waals surface area contributed by atoms with Crippen LogP contribution in [-0.4, -0.2) is 30.5 Å². The number of carbonyl (C=O) groups excluding carboxylic acids is 1. The maximum Gasteiger partial charge on any atom is 0.335 e. The number of carboxylic acid groups (broad SMARTS) is 1. The average molecular weight is 350 g/mol. The van der Waals surface area contributed by atoms with Crippen molar-refractivity contribution in [2.45, 2.75) is 11.8 Å². The Morgan fingerprint density at radius 1 is 1.04 bits per heavy atom. The van der Waals surface area contributed by atoms with Crippen LogP contribution >= 0.6 is 0 Å². The van der Waals surface area contributed by atoms with Gasteiger partial charge in [0, 0.05) is 0 Å². The van der Waals surface area contributed by atoms with Crippen LogP contribution in [0.2, 0.25) is 0 Å². The predicted octanol–water partition coefficient (Wildman–Crippen LogP) is 1.02. The molecule has 2 rings (SSSR count). The number of nitrogens with one attached hydrogen (secondary N) is 2. The average Bonchev–Trinajstić information content (AvgIpc) is 2.53. The number of hydrazine groups is 1. The number of aromatic hydroxyl groups is 1. The summed E-state index contributed by atoms with van der Waals surface area (Å²) in [6, 6.07) is 9.17. The summed E-state index contributed by atoms with van der Waals surface area (Å²) in [5.41, 5.74) is 2.08. The van der Waals surface area contributed by atoms with Gasteiger partial charge in [0.2, 0.25) is 0 Å². The van der Waals surface area contributed by atoms with Gasteiger partial charge in [-0.05, 0) is 36.8 Å². The SMILES string of the molecule is Cc1ccc(S(=O)(=O)NNC(=O)c2ccccc2O)cc1C(=O)O. The predicted molar refractivity (Wildman–Crippen MR) is 84.0 cm³/mol. The minimum Gasteiger partial charge on any atom is -0.507 e. The molecule has 9 heteroatoms. The molecule has 1 amide bonds. The summed E-state index contributed by atoms with van der Waals surface area (Å²) in [6.07, 6.45) is 0. The summed E-state index contributed by atoms with van der Waals surface area (Å²) in [5, 5.41) is 18.6. The Morgan fingerprint density at radius 2 is 1.71 bits per heavy atom. The lowest BCUT2D eigenvalue weighted by Gasteiger charge is -2.10. The first-order chi connectivity index (χ1) is 11.2. The lowest BCUT2D eigenvalue weighted by molar-refractivity contribution is 0.0695. The smallest absolute Gasteiger partial charge is 0.335 e. The third-order valence-electron chi connectivity index (χ3n) is 3.20. The molecular formula is C15H14N2O6S. The van der Waals surface area contributed by atoms with Gasteiger partial charge in [-0.2, -0.15) is 0 Å². The number of rotatable bonds is 5. The number of aromatic carboxylic acids is 1. The Bertz CT molecular complexity index is 908. The molecule has 0 aliphatic carbocycles. The first-order valence-electron chi connectivity index (χ1n) is 6.66. The Labute approximate surface area is 137 Å². The molecule has 0 radical (unpaired) electrons. The van der Waals surface area contributed by atoms with Crippen LogP contribution in [0.4, 0.5) is 0 Å². The zero-order valence-corrected chi connectivity index (χ0v) is 13.3. The second kappa shape index (κ2) is 6.69. The molecule has 0 bridgehead atoms. The fourth-order valence-corrected chi connectivity index (χ4v) is 2.77. The molecular weight excluding hydrogens is 336 g/mol. The van der Waals surface area contributed by atoms with E-state index in [4.69, 9.17) is 5.11 Å². The zero-order valence-electron chi connectivity index (χ0n) is 12.5. The van der Waals surface area contributed by atoms with Crippen molar-refractivity contribution < 1.29 is 28.2 Å². The molecule has 0 aromatic heterocycles. The molecule has 0 heterocycles. The molecule has 0 fully saturated rings. The van der Waals surface area contributed by atoms with E-state index in [0.717, 1.165) is 6.07 Å². The van der Waals surface area contributed by atoms with E-state index in [1.165, 1.54) is 43.3 Å². The zero-order chi connectivity index (χ0) is 17.9. The number of hydrogen-bond donors (Lipinski definition) is 4. The number of para-hydroxylation sites is 1. The topological polar surface area (TPSA) is 133 Å². The van der Waals surface area contributed by atoms with Gasteiger partial charge in [-0.1, -0.05) is 18.2 Å². The van der Waals surface area contributed by atoms with Crippen molar-refractivity contribution in [3.05, 3.63) is 59.2 Å². The van der Waals surface area contributed by atoms with Crippen molar-refractivity contribution in [3.8, 4) is 5.75 Å². The number of amides is 1. The Hall–Kier alpha value is -2.91. The fraction of sp³-hybridized carbons (Fsp3) is 0.0667. The highest BCUT2D eigenvalue weighted by atomic mass is 32.2. The van der Waals surface area contributed by atoms with Gasteiger partial charge in [0.25, 0.3) is 15.9 Å². The second-order valence-corrected chi connectivity index (χ2v) is 6.54. The standard InChI is InChI=1S/C15H14N2O6S/c1-9-6-7-10(8-12(9)15(20)21)24(22,23)17-16-14(19)11-4-2-3-5-13(11)18/h2-8,17-18H,1H3,(H,16,19)(H,20,21). The largest absolute Gasteiger partial charge is 0.507 e. The Morgan fingerprint density at radius 3 is 2.33 bits per heavy atom. The van der Waals surface area contributed by atoms with E-state index in [0.29, 0.717) is 5.56 Å². The van der Waals surface area contributed by atoms with Gasteiger partial charge in [-0.15, -0.1) is 4.83 Å². The molecule has 126 valence electrons. The molecule has 2 aromatic rings. The van der Waals surface area contributed by atoms with Crippen molar-refractivity contribution in [1.82, 2.24) is 10.3 Å². The van der Waals surface area contributed by atoms with Crippen LogP contribution in [0.3, 0.4) is 0 Å². The van der Waals surface area contributed by atoms with Crippen molar-refractivity contribution in [2.75, 3.05) is 0 Å². The van der Waals surface area contributed by atoms with E-state index in [2.05, 4.69) is 0 Å². The van der Waals surface area contributed by atoms with Gasteiger partial charge in [-0.25, -0.2) is 13.2 Å². The third-order valence-corrected chi connectivity index (χ3v) is 4.44. The number of benzene rings is 2. The monoisotopic (exact) mass is 350 g/mol. The molecule has 0 saturated carbocycles. The molecule has 0 saturated heterocycles. The highest BCUT2D eigenvalue weighted by molar-refractivity contribution is 7.89. The summed E-state index contributed by atoms with van der Waals surface area (Å²) in [4.78, 5) is 24.5. The van der Waals surface area contributed by atoms with Crippen LogP contribution in [0.15, 0.2) is 47.4 Å². The molecule has 0 atom stereocenters. The third kappa shape index (κ3) is 3.70. The maximum atomic E-state index is 12.2. The van der Waals surface area contributed by atoms with Crippen LogP contribution < -0.4 is 10.3 Å². The van der Waals surface area contributed by atoms with Crippen molar-refractivity contribution >= 4 is 21.9 Å². The van der Waals surface area contributed by atoms with Gasteiger partial charge in [0.05, 0.1) is 16.0 Å². The number of phenols is 1. The Kier molecular flexibility index (Phi) is 4.86. The minimum atomic E-state index is -4.18. The van der Waals surface area contributed by atoms with Gasteiger partial charge in [0.15, 0.2) is 0 Å². The number of carbonyl (C=O) groups is 2. The lowest BCUT2D eigenvalue weighted by atomic mass is 10.1. The second-order valence-electron chi connectivity index (χ2n) is 4.86. The van der Waals surface area contributed by atoms with Gasteiger partial charge in [0.1, 0.15) is 5.75 Å². The molecule has 24 heavy (non-hydrogen) atoms. The van der Waals surface area contributed by atoms with E-state index in [-0.39, 0.29) is 21.8 Å². The summed E-state index contributed by atoms with van der Waals surface area (Å²) < 4.78 is 24.3. The van der Waals surface area contributed by atoms with Crippen LogP contribution in [0, 0.1) is 6.92 Å². The molecule has 0 aliphatic rings.